The second kappa shape index (κ2) is 17.3. The minimum Gasteiger partial charge on any atom is -0.198 e. The van der Waals surface area contributed by atoms with Crippen LogP contribution in [-0.2, 0) is 18.4 Å². The Morgan fingerprint density at radius 3 is 1.83 bits per heavy atom. The van der Waals surface area contributed by atoms with Crippen LogP contribution in [0.5, 0.6) is 0 Å². The molecule has 2 nitrogen and oxygen atoms in total. The minimum absolute atomic E-state index is 0.00501. The van der Waals surface area contributed by atoms with Crippen molar-refractivity contribution in [2.45, 2.75) is 77.8 Å². The van der Waals surface area contributed by atoms with Crippen molar-refractivity contribution in [3.63, 3.8) is 0 Å². The maximum absolute atomic E-state index is 2.70. The molecular formula is C67H60N2+2. The van der Waals surface area contributed by atoms with E-state index in [9.17, 15) is 0 Å². The van der Waals surface area contributed by atoms with Gasteiger partial charge in [0.15, 0.2) is 18.4 Å². The molecular weight excluding hydrogens is 833 g/mol. The molecule has 3 atom stereocenters. The van der Waals surface area contributed by atoms with Gasteiger partial charge in [-0.2, -0.15) is 9.13 Å². The zero-order valence-electron chi connectivity index (χ0n) is 40.4. The number of pyridine rings is 2. The molecule has 336 valence electrons. The number of benzene rings is 8. The number of aryl methyl sites for hydroxylation is 3. The van der Waals surface area contributed by atoms with Crippen LogP contribution in [0.3, 0.4) is 0 Å². The van der Waals surface area contributed by atoms with Gasteiger partial charge in [-0.25, -0.2) is 0 Å². The van der Waals surface area contributed by atoms with Crippen molar-refractivity contribution in [1.82, 2.24) is 0 Å². The second-order valence-electron chi connectivity index (χ2n) is 20.1. The molecule has 0 bridgehead atoms. The summed E-state index contributed by atoms with van der Waals surface area (Å²) >= 11 is 0. The van der Waals surface area contributed by atoms with Gasteiger partial charge in [0.2, 0.25) is 11.4 Å². The van der Waals surface area contributed by atoms with Gasteiger partial charge in [0.1, 0.15) is 6.54 Å². The molecule has 1 aliphatic carbocycles. The van der Waals surface area contributed by atoms with E-state index >= 15 is 0 Å². The van der Waals surface area contributed by atoms with Crippen LogP contribution in [0.15, 0.2) is 213 Å². The van der Waals surface area contributed by atoms with E-state index in [0.29, 0.717) is 6.04 Å². The Labute approximate surface area is 408 Å². The number of fused-ring (bicyclic) bond motifs is 9. The Morgan fingerprint density at radius 1 is 0.478 bits per heavy atom. The average Bonchev–Trinajstić information content (AvgIpc) is 3.98. The Hall–Kier alpha value is -7.42. The van der Waals surface area contributed by atoms with Crippen molar-refractivity contribution in [3.8, 4) is 67.0 Å². The van der Waals surface area contributed by atoms with E-state index in [-0.39, 0.29) is 10.8 Å². The topological polar surface area (TPSA) is 7.76 Å². The van der Waals surface area contributed by atoms with Gasteiger partial charge in [-0.15, -0.1) is 0 Å². The van der Waals surface area contributed by atoms with E-state index in [0.717, 1.165) is 25.8 Å². The molecule has 8 aromatic carbocycles. The van der Waals surface area contributed by atoms with E-state index < -0.39 is 0 Å². The number of nitrogens with zero attached hydrogens (tertiary/aromatic N) is 2. The molecule has 69 heavy (non-hydrogen) atoms. The van der Waals surface area contributed by atoms with Crippen LogP contribution in [-0.4, -0.2) is 0 Å². The van der Waals surface area contributed by atoms with E-state index in [2.05, 4.69) is 249 Å². The number of aromatic nitrogens is 2. The van der Waals surface area contributed by atoms with Crippen LogP contribution < -0.4 is 9.13 Å². The van der Waals surface area contributed by atoms with Crippen LogP contribution in [0.25, 0.3) is 88.6 Å². The van der Waals surface area contributed by atoms with E-state index in [1.165, 1.54) is 118 Å². The highest BCUT2D eigenvalue weighted by Crippen LogP contribution is 2.76. The summed E-state index contributed by atoms with van der Waals surface area (Å²) in [7, 11) is 0. The van der Waals surface area contributed by atoms with Crippen LogP contribution in [0.1, 0.15) is 69.2 Å². The standard InChI is InChI=1S/C67H60N2/c1-5-7-20-49-26-19-31-59-57(49)36-39-69-64(59)60-30-16-17-32-62(60)67(65(69)66(67,4)6-2)37-40-68-38-35-50-25-14-15-29-58(50)63(68)61-45-53(34-33-46(61)3)51-27-18-28-52(41-51)56-43-54(47-21-10-8-11-22-47)42-55(44-56)48-23-12-9-13-24-48/h8-19,21-36,38-39,41-45,65H,5-7,20,37,40H2,1-4H3/q+2. The smallest absolute Gasteiger partial charge is 0.198 e. The predicted molar refractivity (Wildman–Crippen MR) is 288 cm³/mol. The van der Waals surface area contributed by atoms with E-state index in [4.69, 9.17) is 0 Å². The normalized spacial score (nSPS) is 17.9. The van der Waals surface area contributed by atoms with Crippen LogP contribution >= 0.6 is 0 Å². The van der Waals surface area contributed by atoms with Gasteiger partial charge in [0.25, 0.3) is 0 Å². The monoisotopic (exact) mass is 892 g/mol. The van der Waals surface area contributed by atoms with Crippen LogP contribution in [0.2, 0.25) is 0 Å². The summed E-state index contributed by atoms with van der Waals surface area (Å²) in [4.78, 5) is 0. The minimum atomic E-state index is -0.00501. The zero-order chi connectivity index (χ0) is 46.7. The highest BCUT2D eigenvalue weighted by atomic mass is 15.1. The third-order valence-electron chi connectivity index (χ3n) is 16.4. The SMILES string of the molecule is CCCCc1cccc2c3[n+](ccc12)C1C(C)(CC)C1(CC[n+]1ccc2ccccc2c1-c1cc(-c2cccc(-c4cc(-c5ccccc5)cc(-c5ccccc5)c4)c2)ccc1C)c1ccccc1-3. The predicted octanol–water partition coefficient (Wildman–Crippen LogP) is 16.5. The fourth-order valence-corrected chi connectivity index (χ4v) is 12.7. The molecule has 12 rings (SSSR count). The van der Waals surface area contributed by atoms with E-state index in [1.807, 2.05) is 0 Å². The molecule has 1 fully saturated rings. The number of rotatable bonds is 12. The lowest BCUT2D eigenvalue weighted by Gasteiger charge is -2.25. The molecule has 2 heteroatoms. The molecule has 3 heterocycles. The van der Waals surface area contributed by atoms with Gasteiger partial charge in [-0.1, -0.05) is 167 Å². The molecule has 3 unspecified atom stereocenters. The highest BCUT2D eigenvalue weighted by molar-refractivity contribution is 5.97. The fraction of sp³-hybridized carbons (Fsp3) is 0.194. The first-order chi connectivity index (χ1) is 33.9. The van der Waals surface area contributed by atoms with Gasteiger partial charge < -0.3 is 0 Å². The summed E-state index contributed by atoms with van der Waals surface area (Å²) in [6, 6.07) is 75.4. The molecule has 1 aliphatic heterocycles. The van der Waals surface area contributed by atoms with Crippen molar-refractivity contribution < 1.29 is 9.13 Å². The molecule has 10 aromatic rings. The lowest BCUT2D eigenvalue weighted by atomic mass is 9.78. The third kappa shape index (κ3) is 7.06. The van der Waals surface area contributed by atoms with Crippen LogP contribution in [0.4, 0.5) is 0 Å². The summed E-state index contributed by atoms with van der Waals surface area (Å²) in [6.45, 7) is 10.5. The fourth-order valence-electron chi connectivity index (χ4n) is 12.7. The number of hydrogen-bond donors (Lipinski definition) is 0. The van der Waals surface area contributed by atoms with Gasteiger partial charge in [0, 0.05) is 24.0 Å². The molecule has 1 saturated carbocycles. The largest absolute Gasteiger partial charge is 0.220 e. The zero-order valence-corrected chi connectivity index (χ0v) is 40.4. The Morgan fingerprint density at radius 2 is 1.09 bits per heavy atom. The first-order valence-corrected chi connectivity index (χ1v) is 25.3. The van der Waals surface area contributed by atoms with Crippen molar-refractivity contribution in [2.75, 3.05) is 0 Å². The van der Waals surface area contributed by atoms with E-state index in [1.54, 1.807) is 0 Å². The molecule has 0 radical (unpaired) electrons. The Bertz CT molecular complexity index is 3510. The maximum Gasteiger partial charge on any atom is 0.220 e. The molecule has 0 spiro atoms. The quantitative estimate of drug-likeness (QED) is 0.108. The second-order valence-corrected chi connectivity index (χ2v) is 20.1. The Balaban J connectivity index is 0.942. The molecule has 2 aromatic heterocycles. The van der Waals surface area contributed by atoms with Gasteiger partial charge >= 0.3 is 0 Å². The lowest BCUT2D eigenvalue weighted by Crippen LogP contribution is -2.44. The van der Waals surface area contributed by atoms with Crippen molar-refractivity contribution in [2.24, 2.45) is 5.41 Å². The maximum atomic E-state index is 2.70. The summed E-state index contributed by atoms with van der Waals surface area (Å²) in [5, 5.41) is 5.36. The number of hydrogen-bond acceptors (Lipinski definition) is 0. The molecule has 0 N–H and O–H groups in total. The summed E-state index contributed by atoms with van der Waals surface area (Å²) in [5.41, 5.74) is 19.5. The van der Waals surface area contributed by atoms with Crippen molar-refractivity contribution >= 4 is 21.5 Å². The Kier molecular flexibility index (Phi) is 10.7. The van der Waals surface area contributed by atoms with Crippen molar-refractivity contribution in [1.29, 1.82) is 0 Å². The highest BCUT2D eigenvalue weighted by Gasteiger charge is 2.82. The summed E-state index contributed by atoms with van der Waals surface area (Å²) < 4.78 is 5.29. The number of unbranched alkanes of at least 4 members (excludes halogenated alkanes) is 1. The summed E-state index contributed by atoms with van der Waals surface area (Å²) in [6.07, 6.45) is 10.5. The summed E-state index contributed by atoms with van der Waals surface area (Å²) in [5.74, 6) is 0. The first kappa shape index (κ1) is 42.9. The third-order valence-corrected chi connectivity index (χ3v) is 16.4. The first-order valence-electron chi connectivity index (χ1n) is 25.3. The average molecular weight is 893 g/mol. The van der Waals surface area contributed by atoms with Gasteiger partial charge in [-0.05, 0) is 147 Å². The molecule has 0 saturated heterocycles. The molecule has 0 amide bonds. The molecule has 2 aliphatic rings. The van der Waals surface area contributed by atoms with Gasteiger partial charge in [0.05, 0.1) is 27.3 Å². The lowest BCUT2D eigenvalue weighted by molar-refractivity contribution is -0.703. The van der Waals surface area contributed by atoms with Crippen LogP contribution in [0, 0.1) is 12.3 Å². The van der Waals surface area contributed by atoms with Crippen molar-refractivity contribution in [3.05, 3.63) is 229 Å². The van der Waals surface area contributed by atoms with Gasteiger partial charge in [-0.3, -0.25) is 0 Å².